The zero-order valence-corrected chi connectivity index (χ0v) is 16.8. The number of ether oxygens (including phenoxy) is 1. The van der Waals surface area contributed by atoms with E-state index in [1.807, 2.05) is 60.7 Å². The molecule has 0 fully saturated rings. The van der Waals surface area contributed by atoms with Crippen molar-refractivity contribution < 1.29 is 14.3 Å². The van der Waals surface area contributed by atoms with Gasteiger partial charge in [0.1, 0.15) is 12.9 Å². The number of hydrogen-bond donors (Lipinski definition) is 0. The fourth-order valence-corrected chi connectivity index (χ4v) is 3.35. The van der Waals surface area contributed by atoms with Gasteiger partial charge in [0.2, 0.25) is 0 Å². The Morgan fingerprint density at radius 2 is 1.64 bits per heavy atom. The first-order valence-electron chi connectivity index (χ1n) is 9.93. The molecule has 2 unspecified atom stereocenters. The van der Waals surface area contributed by atoms with Gasteiger partial charge in [0.25, 0.3) is 0 Å². The van der Waals surface area contributed by atoms with Crippen LogP contribution in [0.2, 0.25) is 0 Å². The lowest BCUT2D eigenvalue weighted by molar-refractivity contribution is -0.144. The zero-order chi connectivity index (χ0) is 20.2. The zero-order valence-electron chi connectivity index (χ0n) is 16.8. The van der Waals surface area contributed by atoms with E-state index in [1.54, 1.807) is 0 Å². The highest BCUT2D eigenvalue weighted by Crippen LogP contribution is 2.29. The van der Waals surface area contributed by atoms with E-state index in [9.17, 15) is 9.59 Å². The molecule has 3 rings (SSSR count). The van der Waals surface area contributed by atoms with Crippen molar-refractivity contribution in [2.75, 3.05) is 0 Å². The van der Waals surface area contributed by atoms with E-state index >= 15 is 0 Å². The molecule has 0 N–H and O–H groups in total. The predicted octanol–water partition coefficient (Wildman–Crippen LogP) is 5.54. The topological polar surface area (TPSA) is 43.4 Å². The average Bonchev–Trinajstić information content (AvgIpc) is 2.71. The Labute approximate surface area is 168 Å². The maximum Gasteiger partial charge on any atom is 0.310 e. The molecule has 0 aliphatic heterocycles. The van der Waals surface area contributed by atoms with E-state index in [2.05, 4.69) is 19.9 Å². The quantitative estimate of drug-likeness (QED) is 0.376. The first-order valence-corrected chi connectivity index (χ1v) is 9.93. The summed E-state index contributed by atoms with van der Waals surface area (Å²) in [6, 6.07) is 19.3. The molecule has 28 heavy (non-hydrogen) atoms. The molecule has 0 saturated heterocycles. The number of benzene rings is 2. The molecule has 3 heteroatoms. The predicted molar refractivity (Wildman–Crippen MR) is 113 cm³/mol. The van der Waals surface area contributed by atoms with Gasteiger partial charge in [0.05, 0.1) is 6.42 Å². The Kier molecular flexibility index (Phi) is 9.20. The van der Waals surface area contributed by atoms with Crippen LogP contribution in [0.5, 0.6) is 0 Å². The first-order chi connectivity index (χ1) is 13.6. The number of aldehydes is 1. The molecule has 0 spiro atoms. The number of esters is 1. The van der Waals surface area contributed by atoms with Gasteiger partial charge in [-0.05, 0) is 42.7 Å². The third-order valence-electron chi connectivity index (χ3n) is 5.03. The largest absolute Gasteiger partial charge is 0.461 e. The van der Waals surface area contributed by atoms with E-state index in [-0.39, 0.29) is 5.97 Å². The highest BCUT2D eigenvalue weighted by Gasteiger charge is 2.18. The summed E-state index contributed by atoms with van der Waals surface area (Å²) in [5, 5.41) is 0. The lowest BCUT2D eigenvalue weighted by atomic mass is 9.81. The van der Waals surface area contributed by atoms with Crippen LogP contribution >= 0.6 is 0 Å². The Morgan fingerprint density at radius 3 is 2.21 bits per heavy atom. The third-order valence-corrected chi connectivity index (χ3v) is 5.03. The number of carbonyl (C=O) groups is 2. The number of carbonyl (C=O) groups excluding carboxylic acids is 2. The Balaban J connectivity index is 0.000000221. The molecule has 0 saturated carbocycles. The summed E-state index contributed by atoms with van der Waals surface area (Å²) in [6.07, 6.45) is 6.80. The van der Waals surface area contributed by atoms with Gasteiger partial charge < -0.3 is 9.53 Å². The van der Waals surface area contributed by atoms with Crippen LogP contribution in [0, 0.1) is 11.8 Å². The van der Waals surface area contributed by atoms with Crippen LogP contribution < -0.4 is 0 Å². The minimum Gasteiger partial charge on any atom is -0.461 e. The lowest BCUT2D eigenvalue weighted by Gasteiger charge is -2.24. The monoisotopic (exact) mass is 378 g/mol. The molecule has 0 radical (unpaired) electrons. The van der Waals surface area contributed by atoms with Gasteiger partial charge in [-0.15, -0.1) is 0 Å². The van der Waals surface area contributed by atoms with Gasteiger partial charge in [-0.1, -0.05) is 79.2 Å². The average molecular weight is 379 g/mol. The van der Waals surface area contributed by atoms with E-state index < -0.39 is 0 Å². The van der Waals surface area contributed by atoms with Gasteiger partial charge in [0, 0.05) is 6.42 Å². The number of allylic oxidation sites excluding steroid dienone is 2. The minimum atomic E-state index is -0.194. The molecule has 0 heterocycles. The summed E-state index contributed by atoms with van der Waals surface area (Å²) in [5.74, 6) is 1.02. The fraction of sp³-hybridized carbons (Fsp3) is 0.360. The second-order valence-electron chi connectivity index (χ2n) is 7.38. The molecule has 1 aliphatic carbocycles. The van der Waals surface area contributed by atoms with Gasteiger partial charge in [-0.3, -0.25) is 4.79 Å². The lowest BCUT2D eigenvalue weighted by Crippen LogP contribution is -2.14. The molecule has 0 amide bonds. The van der Waals surface area contributed by atoms with Crippen molar-refractivity contribution in [2.24, 2.45) is 11.8 Å². The number of rotatable bonds is 6. The van der Waals surface area contributed by atoms with Crippen LogP contribution in [0.25, 0.3) is 0 Å². The van der Waals surface area contributed by atoms with Crippen LogP contribution in [0.4, 0.5) is 0 Å². The molecule has 1 aliphatic rings. The molecular formula is C25H30O3. The maximum absolute atomic E-state index is 11.6. The first kappa shape index (κ1) is 21.6. The van der Waals surface area contributed by atoms with Crippen molar-refractivity contribution in [2.45, 2.75) is 46.1 Å². The fourth-order valence-electron chi connectivity index (χ4n) is 3.35. The van der Waals surface area contributed by atoms with Crippen molar-refractivity contribution in [3.05, 3.63) is 83.4 Å². The van der Waals surface area contributed by atoms with E-state index in [0.717, 1.165) is 23.8 Å². The summed E-state index contributed by atoms with van der Waals surface area (Å²) >= 11 is 0. The summed E-state index contributed by atoms with van der Waals surface area (Å²) in [6.45, 7) is 4.72. The molecule has 2 aromatic rings. The van der Waals surface area contributed by atoms with Crippen molar-refractivity contribution in [3.8, 4) is 0 Å². The van der Waals surface area contributed by atoms with Crippen LogP contribution in [-0.4, -0.2) is 12.3 Å². The van der Waals surface area contributed by atoms with E-state index in [4.69, 9.17) is 4.74 Å². The van der Waals surface area contributed by atoms with Crippen LogP contribution in [0.15, 0.2) is 72.3 Å². The van der Waals surface area contributed by atoms with Gasteiger partial charge in [0.15, 0.2) is 0 Å². The van der Waals surface area contributed by atoms with E-state index in [1.165, 1.54) is 18.4 Å². The smallest absolute Gasteiger partial charge is 0.310 e. The Morgan fingerprint density at radius 1 is 1.04 bits per heavy atom. The molecular weight excluding hydrogens is 348 g/mol. The number of hydrogen-bond acceptors (Lipinski definition) is 3. The molecule has 2 aromatic carbocycles. The van der Waals surface area contributed by atoms with Crippen LogP contribution in [0.1, 0.15) is 44.2 Å². The van der Waals surface area contributed by atoms with Gasteiger partial charge in [-0.2, -0.15) is 0 Å². The standard InChI is InChI=1S/C15H14O2.C10H16O/c16-15(11-13-7-3-1-4-8-13)17-12-14-9-5-2-6-10-14;1-8-3-4-10(5-6-11)9(2)7-8/h1-10H,11-12H2;6-7,9-10H,3-5H2,1-2H3. The second kappa shape index (κ2) is 11.9. The molecule has 0 aromatic heterocycles. The highest BCUT2D eigenvalue weighted by molar-refractivity contribution is 5.72. The minimum absolute atomic E-state index is 0.194. The summed E-state index contributed by atoms with van der Waals surface area (Å²) in [7, 11) is 0. The van der Waals surface area contributed by atoms with Crippen molar-refractivity contribution in [3.63, 3.8) is 0 Å². The van der Waals surface area contributed by atoms with Crippen LogP contribution in [-0.2, 0) is 27.4 Å². The normalized spacial score (nSPS) is 18.3. The van der Waals surface area contributed by atoms with Gasteiger partial charge in [-0.25, -0.2) is 0 Å². The summed E-state index contributed by atoms with van der Waals surface area (Å²) in [4.78, 5) is 21.8. The third kappa shape index (κ3) is 7.91. The molecule has 148 valence electrons. The van der Waals surface area contributed by atoms with Gasteiger partial charge >= 0.3 is 5.97 Å². The van der Waals surface area contributed by atoms with Crippen molar-refractivity contribution in [1.29, 1.82) is 0 Å². The SMILES string of the molecule is CC1=CC(C)C(CC=O)CC1.O=C(Cc1ccccc1)OCc1ccccc1. The summed E-state index contributed by atoms with van der Waals surface area (Å²) < 4.78 is 5.19. The van der Waals surface area contributed by atoms with Crippen molar-refractivity contribution in [1.82, 2.24) is 0 Å². The van der Waals surface area contributed by atoms with Crippen LogP contribution in [0.3, 0.4) is 0 Å². The molecule has 2 atom stereocenters. The molecule has 0 bridgehead atoms. The summed E-state index contributed by atoms with van der Waals surface area (Å²) in [5.41, 5.74) is 3.47. The van der Waals surface area contributed by atoms with E-state index in [0.29, 0.717) is 24.9 Å². The molecule has 3 nitrogen and oxygen atoms in total. The van der Waals surface area contributed by atoms with Crippen molar-refractivity contribution >= 4 is 12.3 Å². The Bertz CT molecular complexity index is 750. The second-order valence-corrected chi connectivity index (χ2v) is 7.38. The highest BCUT2D eigenvalue weighted by atomic mass is 16.5. The maximum atomic E-state index is 11.6. The Hall–Kier alpha value is -2.68.